The van der Waals surface area contributed by atoms with Crippen molar-refractivity contribution in [2.75, 3.05) is 33.3 Å². The van der Waals surface area contributed by atoms with E-state index in [1.807, 2.05) is 32.0 Å². The van der Waals surface area contributed by atoms with Crippen LogP contribution in [-0.4, -0.2) is 39.8 Å². The van der Waals surface area contributed by atoms with Crippen LogP contribution in [0.15, 0.2) is 33.2 Å². The van der Waals surface area contributed by atoms with Gasteiger partial charge in [-0.25, -0.2) is 4.79 Å². The lowest BCUT2D eigenvalue weighted by Crippen LogP contribution is -2.22. The summed E-state index contributed by atoms with van der Waals surface area (Å²) >= 11 is 6.68. The van der Waals surface area contributed by atoms with Crippen LogP contribution in [0, 0.1) is 0 Å². The highest BCUT2D eigenvalue weighted by molar-refractivity contribution is 9.11. The molecule has 0 bridgehead atoms. The summed E-state index contributed by atoms with van der Waals surface area (Å²) in [5.74, 6) is -0.121. The molecule has 2 rings (SSSR count). The molecular weight excluding hydrogens is 522 g/mol. The summed E-state index contributed by atoms with van der Waals surface area (Å²) in [6.07, 6.45) is 0. The van der Waals surface area contributed by atoms with E-state index in [1.165, 1.54) is 21.3 Å². The summed E-state index contributed by atoms with van der Waals surface area (Å²) in [5.41, 5.74) is 1.79. The quantitative estimate of drug-likeness (QED) is 0.462. The number of anilines is 1. The summed E-state index contributed by atoms with van der Waals surface area (Å²) in [6, 6.07) is 7.49. The van der Waals surface area contributed by atoms with E-state index in [9.17, 15) is 9.59 Å². The van der Waals surface area contributed by atoms with Gasteiger partial charge >= 0.3 is 5.97 Å². The minimum Gasteiger partial charge on any atom is -0.492 e. The van der Waals surface area contributed by atoms with Gasteiger partial charge in [0.2, 0.25) is 5.75 Å². The molecule has 0 saturated carbocycles. The van der Waals surface area contributed by atoms with Crippen LogP contribution in [0.5, 0.6) is 17.2 Å². The van der Waals surface area contributed by atoms with Crippen molar-refractivity contribution in [3.8, 4) is 17.2 Å². The van der Waals surface area contributed by atoms with Gasteiger partial charge < -0.3 is 24.3 Å². The Balaban J connectivity index is 2.22. The Morgan fingerprint density at radius 2 is 1.47 bits per heavy atom. The fourth-order valence-electron chi connectivity index (χ4n) is 2.86. The number of rotatable bonds is 8. The van der Waals surface area contributed by atoms with Crippen LogP contribution in [0.3, 0.4) is 0 Å². The van der Waals surface area contributed by atoms with Crippen molar-refractivity contribution in [2.45, 2.75) is 19.8 Å². The van der Waals surface area contributed by atoms with Gasteiger partial charge in [0.25, 0.3) is 5.91 Å². The minimum absolute atomic E-state index is 0.111. The number of para-hydroxylation sites is 1. The van der Waals surface area contributed by atoms with Gasteiger partial charge in [0.05, 0.1) is 35.8 Å². The zero-order chi connectivity index (χ0) is 22.4. The number of carbonyl (C=O) groups excluding carboxylic acids is 2. The maximum Gasteiger partial charge on any atom is 0.341 e. The van der Waals surface area contributed by atoms with E-state index in [1.54, 1.807) is 6.07 Å². The molecule has 0 saturated heterocycles. The van der Waals surface area contributed by atoms with E-state index >= 15 is 0 Å². The monoisotopic (exact) mass is 543 g/mol. The van der Waals surface area contributed by atoms with Gasteiger partial charge in [-0.15, -0.1) is 0 Å². The average molecular weight is 545 g/mol. The van der Waals surface area contributed by atoms with Gasteiger partial charge in [0, 0.05) is 5.69 Å². The first-order valence-electron chi connectivity index (χ1n) is 8.99. The highest BCUT2D eigenvalue weighted by Crippen LogP contribution is 2.50. The second kappa shape index (κ2) is 10.7. The highest BCUT2D eigenvalue weighted by Gasteiger charge is 2.29. The van der Waals surface area contributed by atoms with Gasteiger partial charge in [-0.05, 0) is 49.4 Å². The predicted octanol–water partition coefficient (Wildman–Crippen LogP) is 5.16. The Labute approximate surface area is 192 Å². The van der Waals surface area contributed by atoms with E-state index in [-0.39, 0.29) is 23.0 Å². The molecule has 0 spiro atoms. The number of methoxy groups -OCH3 is 3. The van der Waals surface area contributed by atoms with E-state index in [0.29, 0.717) is 20.4 Å². The van der Waals surface area contributed by atoms with Gasteiger partial charge in [-0.1, -0.05) is 32.0 Å². The summed E-state index contributed by atoms with van der Waals surface area (Å²) in [6.45, 7) is 3.61. The number of hydrogen-bond acceptors (Lipinski definition) is 6. The van der Waals surface area contributed by atoms with Crippen LogP contribution in [0.25, 0.3) is 0 Å². The topological polar surface area (TPSA) is 83.1 Å². The molecule has 0 unspecified atom stereocenters. The van der Waals surface area contributed by atoms with Crippen molar-refractivity contribution < 1.29 is 28.5 Å². The van der Waals surface area contributed by atoms with Gasteiger partial charge in [-0.3, -0.25) is 4.79 Å². The summed E-state index contributed by atoms with van der Waals surface area (Å²) in [7, 11) is 4.33. The van der Waals surface area contributed by atoms with Gasteiger partial charge in [0.1, 0.15) is 0 Å². The highest BCUT2D eigenvalue weighted by atomic mass is 79.9. The van der Waals surface area contributed by atoms with E-state index in [0.717, 1.165) is 5.56 Å². The zero-order valence-corrected chi connectivity index (χ0v) is 20.5. The number of esters is 1. The van der Waals surface area contributed by atoms with Crippen LogP contribution in [0.4, 0.5) is 5.69 Å². The fraction of sp³-hybridized carbons (Fsp3) is 0.333. The van der Waals surface area contributed by atoms with Gasteiger partial charge in [-0.2, -0.15) is 0 Å². The molecule has 1 amide bonds. The molecule has 0 aromatic heterocycles. The molecule has 162 valence electrons. The van der Waals surface area contributed by atoms with Crippen molar-refractivity contribution in [2.24, 2.45) is 0 Å². The van der Waals surface area contributed by atoms with Crippen molar-refractivity contribution in [1.29, 1.82) is 0 Å². The molecule has 0 aliphatic rings. The van der Waals surface area contributed by atoms with Crippen LogP contribution in [0.1, 0.15) is 35.7 Å². The van der Waals surface area contributed by atoms with Crippen molar-refractivity contribution in [3.63, 3.8) is 0 Å². The Morgan fingerprint density at radius 1 is 0.933 bits per heavy atom. The molecule has 0 radical (unpaired) electrons. The first-order chi connectivity index (χ1) is 14.3. The third-order valence-corrected chi connectivity index (χ3v) is 5.77. The standard InChI is InChI=1S/C21H23Br2NO6/c1-11(2)12-8-6-7-9-13(12)24-14(25)10-30-21(26)15-16(22)18(27-3)20(29-5)19(28-4)17(15)23/h6-9,11H,10H2,1-5H3,(H,24,25). The molecule has 2 aromatic rings. The zero-order valence-electron chi connectivity index (χ0n) is 17.3. The normalized spacial score (nSPS) is 10.5. The summed E-state index contributed by atoms with van der Waals surface area (Å²) < 4.78 is 21.8. The molecule has 30 heavy (non-hydrogen) atoms. The molecule has 9 heteroatoms. The molecular formula is C21H23Br2NO6. The van der Waals surface area contributed by atoms with Crippen LogP contribution in [0.2, 0.25) is 0 Å². The second-order valence-electron chi connectivity index (χ2n) is 6.47. The fourth-order valence-corrected chi connectivity index (χ4v) is 4.53. The Hall–Kier alpha value is -2.26. The van der Waals surface area contributed by atoms with Crippen molar-refractivity contribution >= 4 is 49.4 Å². The smallest absolute Gasteiger partial charge is 0.341 e. The molecule has 1 N–H and O–H groups in total. The van der Waals surface area contributed by atoms with Crippen LogP contribution < -0.4 is 19.5 Å². The number of hydrogen-bond donors (Lipinski definition) is 1. The average Bonchev–Trinajstić information content (AvgIpc) is 2.72. The SMILES string of the molecule is COc1c(Br)c(C(=O)OCC(=O)Nc2ccccc2C(C)C)c(Br)c(OC)c1OC. The minimum atomic E-state index is -0.736. The van der Waals surface area contributed by atoms with E-state index in [4.69, 9.17) is 18.9 Å². The number of nitrogens with one attached hydrogen (secondary N) is 1. The van der Waals surface area contributed by atoms with Crippen molar-refractivity contribution in [1.82, 2.24) is 0 Å². The van der Waals surface area contributed by atoms with Crippen LogP contribution in [-0.2, 0) is 9.53 Å². The summed E-state index contributed by atoms with van der Waals surface area (Å²) in [4.78, 5) is 25.1. The van der Waals surface area contributed by atoms with E-state index in [2.05, 4.69) is 37.2 Å². The molecule has 0 aliphatic heterocycles. The molecule has 0 aliphatic carbocycles. The number of halogens is 2. The second-order valence-corrected chi connectivity index (χ2v) is 8.05. The maximum atomic E-state index is 12.7. The Kier molecular flexibility index (Phi) is 8.54. The largest absolute Gasteiger partial charge is 0.492 e. The van der Waals surface area contributed by atoms with Gasteiger partial charge in [0.15, 0.2) is 18.1 Å². The number of ether oxygens (including phenoxy) is 4. The maximum absolute atomic E-state index is 12.7. The molecule has 7 nitrogen and oxygen atoms in total. The Morgan fingerprint density at radius 3 is 1.97 bits per heavy atom. The molecule has 2 aromatic carbocycles. The summed E-state index contributed by atoms with van der Waals surface area (Å²) in [5, 5.41) is 2.78. The number of carbonyl (C=O) groups is 2. The number of benzene rings is 2. The van der Waals surface area contributed by atoms with Crippen LogP contribution >= 0.6 is 31.9 Å². The molecule has 0 atom stereocenters. The molecule has 0 heterocycles. The lowest BCUT2D eigenvalue weighted by molar-refractivity contribution is -0.119. The predicted molar refractivity (Wildman–Crippen MR) is 121 cm³/mol. The first-order valence-corrected chi connectivity index (χ1v) is 10.6. The number of amides is 1. The Bertz CT molecular complexity index is 914. The first kappa shape index (κ1) is 24.0. The molecule has 0 fully saturated rings. The third-order valence-electron chi connectivity index (χ3n) is 4.26. The third kappa shape index (κ3) is 5.07. The van der Waals surface area contributed by atoms with E-state index < -0.39 is 18.5 Å². The lowest BCUT2D eigenvalue weighted by atomic mass is 10.0. The van der Waals surface area contributed by atoms with Crippen molar-refractivity contribution in [3.05, 3.63) is 44.3 Å². The lowest BCUT2D eigenvalue weighted by Gasteiger charge is -2.18.